The minimum Gasteiger partial charge on any atom is -0.452 e. The molecule has 0 saturated heterocycles. The third-order valence-electron chi connectivity index (χ3n) is 3.37. The molecule has 0 fully saturated rings. The Labute approximate surface area is 174 Å². The number of ether oxygens (including phenoxy) is 2. The van der Waals surface area contributed by atoms with E-state index in [1.165, 1.54) is 36.4 Å². The highest BCUT2D eigenvalue weighted by Crippen LogP contribution is 2.44. The molecule has 0 unspecified atom stereocenters. The summed E-state index contributed by atoms with van der Waals surface area (Å²) in [5.41, 5.74) is -0.302. The van der Waals surface area contributed by atoms with Gasteiger partial charge >= 0.3 is 5.69 Å². The quantitative estimate of drug-likeness (QED) is 0.297. The molecule has 9 heteroatoms. The molecule has 0 aliphatic heterocycles. The summed E-state index contributed by atoms with van der Waals surface area (Å²) >= 11 is 24.0. The van der Waals surface area contributed by atoms with E-state index in [1.807, 2.05) is 0 Å². The minimum atomic E-state index is -0.588. The largest absolute Gasteiger partial charge is 0.452 e. The van der Waals surface area contributed by atoms with Gasteiger partial charge in [-0.3, -0.25) is 10.1 Å². The number of nitro groups is 1. The molecule has 138 valence electrons. The summed E-state index contributed by atoms with van der Waals surface area (Å²) in [6.45, 7) is 0. The molecule has 0 atom stereocenters. The van der Waals surface area contributed by atoms with Crippen molar-refractivity contribution < 1.29 is 14.4 Å². The van der Waals surface area contributed by atoms with Crippen LogP contribution >= 0.6 is 46.4 Å². The van der Waals surface area contributed by atoms with Crippen LogP contribution in [0.3, 0.4) is 0 Å². The van der Waals surface area contributed by atoms with Gasteiger partial charge in [0.05, 0.1) is 15.0 Å². The average molecular weight is 445 g/mol. The molecule has 0 aromatic heterocycles. The van der Waals surface area contributed by atoms with Gasteiger partial charge in [0, 0.05) is 16.1 Å². The van der Waals surface area contributed by atoms with Crippen LogP contribution in [0.25, 0.3) is 0 Å². The molecule has 0 saturated carbocycles. The fourth-order valence-corrected chi connectivity index (χ4v) is 3.07. The number of halogens is 4. The number of para-hydroxylation sites is 1. The molecule has 3 aromatic carbocycles. The topological polar surface area (TPSA) is 61.6 Å². The fraction of sp³-hybridized carbons (Fsp3) is 0. The van der Waals surface area contributed by atoms with Crippen molar-refractivity contribution in [2.45, 2.75) is 0 Å². The maximum Gasteiger partial charge on any atom is 0.315 e. The number of hydrogen-bond acceptors (Lipinski definition) is 4. The molecule has 0 amide bonds. The van der Waals surface area contributed by atoms with Crippen LogP contribution in [0.4, 0.5) is 5.69 Å². The Bertz CT molecular complexity index is 1030. The summed E-state index contributed by atoms with van der Waals surface area (Å²) in [6.07, 6.45) is 0. The van der Waals surface area contributed by atoms with Gasteiger partial charge in [-0.15, -0.1) is 0 Å². The Morgan fingerprint density at radius 1 is 0.741 bits per heavy atom. The van der Waals surface area contributed by atoms with Crippen molar-refractivity contribution >= 4 is 52.1 Å². The van der Waals surface area contributed by atoms with Crippen molar-refractivity contribution in [2.24, 2.45) is 0 Å². The first-order chi connectivity index (χ1) is 12.8. The molecular formula is C18H9Cl4NO4. The molecule has 0 N–H and O–H groups in total. The van der Waals surface area contributed by atoms with Crippen molar-refractivity contribution in [1.29, 1.82) is 0 Å². The van der Waals surface area contributed by atoms with Crippen molar-refractivity contribution in [1.82, 2.24) is 0 Å². The van der Waals surface area contributed by atoms with E-state index < -0.39 is 4.92 Å². The lowest BCUT2D eigenvalue weighted by atomic mass is 10.2. The normalized spacial score (nSPS) is 10.5. The lowest BCUT2D eigenvalue weighted by Crippen LogP contribution is -1.97. The number of rotatable bonds is 5. The summed E-state index contributed by atoms with van der Waals surface area (Å²) in [7, 11) is 0. The number of nitro benzene ring substituents is 1. The second-order valence-corrected chi connectivity index (χ2v) is 6.90. The molecule has 5 nitrogen and oxygen atoms in total. The Morgan fingerprint density at radius 2 is 1.30 bits per heavy atom. The van der Waals surface area contributed by atoms with Crippen molar-refractivity contribution in [2.75, 3.05) is 0 Å². The molecule has 0 aliphatic carbocycles. The molecule has 0 aliphatic rings. The predicted octanol–water partition coefficient (Wildman–Crippen LogP) is 7.79. The zero-order valence-corrected chi connectivity index (χ0v) is 16.3. The summed E-state index contributed by atoms with van der Waals surface area (Å²) in [5, 5.41) is 12.7. The molecule has 0 spiro atoms. The number of nitrogens with zero attached hydrogens (tertiary/aromatic N) is 1. The van der Waals surface area contributed by atoms with Crippen LogP contribution in [0, 0.1) is 10.1 Å². The van der Waals surface area contributed by atoms with Gasteiger partial charge in [0.15, 0.2) is 5.75 Å². The SMILES string of the molecule is O=[N+]([O-])c1cccc(Oc2ccc(Cl)cc2Cl)c1Oc1ccc(Cl)cc1Cl. The second kappa shape index (κ2) is 8.23. The Hall–Kier alpha value is -2.18. The van der Waals surface area contributed by atoms with Gasteiger partial charge in [0.2, 0.25) is 5.75 Å². The lowest BCUT2D eigenvalue weighted by molar-refractivity contribution is -0.385. The molecule has 0 heterocycles. The Balaban J connectivity index is 2.06. The van der Waals surface area contributed by atoms with Gasteiger partial charge in [-0.2, -0.15) is 0 Å². The summed E-state index contributed by atoms with van der Waals surface area (Å²) < 4.78 is 11.4. The Morgan fingerprint density at radius 3 is 1.81 bits per heavy atom. The lowest BCUT2D eigenvalue weighted by Gasteiger charge is -2.14. The first-order valence-electron chi connectivity index (χ1n) is 7.38. The van der Waals surface area contributed by atoms with Crippen LogP contribution in [-0.2, 0) is 0 Å². The van der Waals surface area contributed by atoms with Gasteiger partial charge in [0.1, 0.15) is 11.5 Å². The summed E-state index contributed by atoms with van der Waals surface area (Å²) in [4.78, 5) is 10.9. The van der Waals surface area contributed by atoms with E-state index in [0.29, 0.717) is 10.0 Å². The zero-order chi connectivity index (χ0) is 19.6. The highest BCUT2D eigenvalue weighted by atomic mass is 35.5. The molecule has 0 bridgehead atoms. The average Bonchev–Trinajstić information content (AvgIpc) is 2.60. The van der Waals surface area contributed by atoms with Gasteiger partial charge in [-0.05, 0) is 42.5 Å². The fourth-order valence-electron chi connectivity index (χ4n) is 2.18. The second-order valence-electron chi connectivity index (χ2n) is 5.22. The van der Waals surface area contributed by atoms with Crippen molar-refractivity contribution in [3.63, 3.8) is 0 Å². The number of hydrogen-bond donors (Lipinski definition) is 0. The molecule has 0 radical (unpaired) electrons. The van der Waals surface area contributed by atoms with Crippen LogP contribution < -0.4 is 9.47 Å². The first-order valence-corrected chi connectivity index (χ1v) is 8.89. The predicted molar refractivity (Wildman–Crippen MR) is 106 cm³/mol. The zero-order valence-electron chi connectivity index (χ0n) is 13.3. The summed E-state index contributed by atoms with van der Waals surface area (Å²) in [6, 6.07) is 13.4. The van der Waals surface area contributed by atoms with E-state index in [-0.39, 0.29) is 38.7 Å². The van der Waals surface area contributed by atoms with E-state index in [4.69, 9.17) is 55.9 Å². The summed E-state index contributed by atoms with van der Waals surface area (Å²) in [5.74, 6) is 0.396. The van der Waals surface area contributed by atoms with E-state index in [9.17, 15) is 10.1 Å². The van der Waals surface area contributed by atoms with Crippen LogP contribution in [0.1, 0.15) is 0 Å². The van der Waals surface area contributed by atoms with Gasteiger partial charge in [0.25, 0.3) is 0 Å². The van der Waals surface area contributed by atoms with Gasteiger partial charge in [-0.25, -0.2) is 0 Å². The monoisotopic (exact) mass is 443 g/mol. The maximum atomic E-state index is 11.4. The highest BCUT2D eigenvalue weighted by molar-refractivity contribution is 6.36. The van der Waals surface area contributed by atoms with Gasteiger partial charge in [-0.1, -0.05) is 52.5 Å². The number of benzene rings is 3. The van der Waals surface area contributed by atoms with Gasteiger partial charge < -0.3 is 9.47 Å². The maximum absolute atomic E-state index is 11.4. The molecule has 3 rings (SSSR count). The third kappa shape index (κ3) is 4.57. The van der Waals surface area contributed by atoms with Crippen LogP contribution in [0.15, 0.2) is 54.6 Å². The van der Waals surface area contributed by atoms with E-state index in [1.54, 1.807) is 18.2 Å². The van der Waals surface area contributed by atoms with Crippen molar-refractivity contribution in [3.05, 3.63) is 84.8 Å². The smallest absolute Gasteiger partial charge is 0.315 e. The highest BCUT2D eigenvalue weighted by Gasteiger charge is 2.23. The minimum absolute atomic E-state index is 0.0828. The van der Waals surface area contributed by atoms with Crippen LogP contribution in [0.5, 0.6) is 23.0 Å². The standard InChI is InChI=1S/C18H9Cl4NO4/c19-10-4-6-15(12(21)8-10)26-17-3-1-2-14(23(24)25)18(17)27-16-7-5-11(20)9-13(16)22/h1-9H. The Kier molecular flexibility index (Phi) is 5.97. The van der Waals surface area contributed by atoms with E-state index in [2.05, 4.69) is 0 Å². The molecule has 27 heavy (non-hydrogen) atoms. The first kappa shape index (κ1) is 19.6. The van der Waals surface area contributed by atoms with E-state index in [0.717, 1.165) is 0 Å². The van der Waals surface area contributed by atoms with E-state index >= 15 is 0 Å². The molecule has 3 aromatic rings. The van der Waals surface area contributed by atoms with Crippen molar-refractivity contribution in [3.8, 4) is 23.0 Å². The third-order valence-corrected chi connectivity index (χ3v) is 4.44. The van der Waals surface area contributed by atoms with Crippen LogP contribution in [-0.4, -0.2) is 4.92 Å². The molecular weight excluding hydrogens is 436 g/mol. The van der Waals surface area contributed by atoms with Crippen LogP contribution in [0.2, 0.25) is 20.1 Å².